The van der Waals surface area contributed by atoms with Crippen molar-refractivity contribution in [2.45, 2.75) is 20.3 Å². The van der Waals surface area contributed by atoms with Gasteiger partial charge in [-0.2, -0.15) is 0 Å². The summed E-state index contributed by atoms with van der Waals surface area (Å²) in [6.45, 7) is 3.87. The lowest BCUT2D eigenvalue weighted by Crippen LogP contribution is -2.31. The van der Waals surface area contributed by atoms with E-state index >= 15 is 0 Å². The highest BCUT2D eigenvalue weighted by Crippen LogP contribution is 2.19. The number of anilines is 2. The molecule has 0 aliphatic heterocycles. The number of rotatable bonds is 7. The zero-order valence-electron chi connectivity index (χ0n) is 14.4. The van der Waals surface area contributed by atoms with Crippen LogP contribution in [0.2, 0.25) is 0 Å². The van der Waals surface area contributed by atoms with E-state index in [1.165, 1.54) is 36.2 Å². The average Bonchev–Trinajstić information content (AvgIpc) is 2.56. The Hall–Kier alpha value is -2.89. The lowest BCUT2D eigenvalue weighted by atomic mass is 10.1. The van der Waals surface area contributed by atoms with Gasteiger partial charge in [0.25, 0.3) is 0 Å². The molecule has 0 saturated heterocycles. The molecule has 6 heteroatoms. The Kier molecular flexibility index (Phi) is 6.51. The van der Waals surface area contributed by atoms with Gasteiger partial charge in [-0.15, -0.1) is 0 Å². The average molecular weight is 343 g/mol. The minimum absolute atomic E-state index is 0.0474. The second-order valence-electron chi connectivity index (χ2n) is 5.76. The van der Waals surface area contributed by atoms with E-state index in [4.69, 9.17) is 0 Å². The Morgan fingerprint density at radius 2 is 1.88 bits per heavy atom. The van der Waals surface area contributed by atoms with Crippen LogP contribution >= 0.6 is 0 Å². The van der Waals surface area contributed by atoms with Crippen LogP contribution in [0, 0.1) is 12.7 Å². The molecule has 25 heavy (non-hydrogen) atoms. The molecule has 2 amide bonds. The van der Waals surface area contributed by atoms with E-state index in [9.17, 15) is 14.0 Å². The maximum absolute atomic E-state index is 13.8. The molecule has 0 aliphatic carbocycles. The maximum Gasteiger partial charge on any atom is 0.239 e. The minimum atomic E-state index is -0.484. The smallest absolute Gasteiger partial charge is 0.239 e. The molecule has 132 valence electrons. The number of amides is 2. The molecule has 0 aromatic heterocycles. The molecule has 0 atom stereocenters. The van der Waals surface area contributed by atoms with E-state index in [-0.39, 0.29) is 24.0 Å². The summed E-state index contributed by atoms with van der Waals surface area (Å²) in [7, 11) is 0. The highest BCUT2D eigenvalue weighted by atomic mass is 19.1. The number of halogens is 1. The third kappa shape index (κ3) is 5.91. The van der Waals surface area contributed by atoms with Gasteiger partial charge in [-0.1, -0.05) is 24.3 Å². The summed E-state index contributed by atoms with van der Waals surface area (Å²) >= 11 is 0. The van der Waals surface area contributed by atoms with Gasteiger partial charge in [0, 0.05) is 19.2 Å². The fraction of sp³-hybridized carbons (Fsp3) is 0.263. The summed E-state index contributed by atoms with van der Waals surface area (Å²) in [5.74, 6) is -0.953. The number of carbonyl (C=O) groups is 2. The van der Waals surface area contributed by atoms with Gasteiger partial charge in [-0.25, -0.2) is 4.39 Å². The topological polar surface area (TPSA) is 70.2 Å². The molecule has 2 aromatic rings. The maximum atomic E-state index is 13.8. The van der Waals surface area contributed by atoms with Crippen LogP contribution in [-0.4, -0.2) is 24.9 Å². The van der Waals surface area contributed by atoms with Gasteiger partial charge < -0.3 is 16.0 Å². The van der Waals surface area contributed by atoms with Gasteiger partial charge in [-0.3, -0.25) is 9.59 Å². The Bertz CT molecular complexity index is 762. The molecule has 0 fully saturated rings. The van der Waals surface area contributed by atoms with Gasteiger partial charge in [0.2, 0.25) is 11.8 Å². The van der Waals surface area contributed by atoms with Crippen LogP contribution in [0.5, 0.6) is 0 Å². The van der Waals surface area contributed by atoms with Crippen LogP contribution in [0.15, 0.2) is 42.5 Å². The highest BCUT2D eigenvalue weighted by molar-refractivity contribution is 5.89. The summed E-state index contributed by atoms with van der Waals surface area (Å²) < 4.78 is 13.8. The number of benzene rings is 2. The van der Waals surface area contributed by atoms with Crippen LogP contribution in [-0.2, 0) is 16.0 Å². The molecule has 0 unspecified atom stereocenters. The largest absolute Gasteiger partial charge is 0.374 e. The Morgan fingerprint density at radius 3 is 2.60 bits per heavy atom. The van der Waals surface area contributed by atoms with Crippen molar-refractivity contribution >= 4 is 23.2 Å². The Balaban J connectivity index is 1.81. The first-order valence-corrected chi connectivity index (χ1v) is 8.08. The molecule has 2 rings (SSSR count). The summed E-state index contributed by atoms with van der Waals surface area (Å²) in [4.78, 5) is 22.9. The monoisotopic (exact) mass is 343 g/mol. The Labute approximate surface area is 146 Å². The molecular formula is C19H22FN3O2. The van der Waals surface area contributed by atoms with Gasteiger partial charge in [-0.05, 0) is 42.7 Å². The minimum Gasteiger partial charge on any atom is -0.374 e. The normalized spacial score (nSPS) is 10.2. The van der Waals surface area contributed by atoms with Crippen molar-refractivity contribution in [2.75, 3.05) is 23.7 Å². The lowest BCUT2D eigenvalue weighted by molar-refractivity contribution is -0.119. The fourth-order valence-electron chi connectivity index (χ4n) is 2.41. The van der Waals surface area contributed by atoms with Gasteiger partial charge >= 0.3 is 0 Å². The SMILES string of the molecule is CC(=O)Nc1ccc(F)c(NCC(=O)NCCc2ccccc2C)c1. The first-order chi connectivity index (χ1) is 12.0. The van der Waals surface area contributed by atoms with Crippen LogP contribution in [0.3, 0.4) is 0 Å². The van der Waals surface area contributed by atoms with E-state index in [1.807, 2.05) is 31.2 Å². The van der Waals surface area contributed by atoms with Crippen molar-refractivity contribution in [2.24, 2.45) is 0 Å². The number of hydrogen-bond donors (Lipinski definition) is 3. The molecule has 0 heterocycles. The fourth-order valence-corrected chi connectivity index (χ4v) is 2.41. The van der Waals surface area contributed by atoms with Crippen molar-refractivity contribution < 1.29 is 14.0 Å². The predicted molar refractivity (Wildman–Crippen MR) is 97.1 cm³/mol. The van der Waals surface area contributed by atoms with Crippen molar-refractivity contribution in [3.05, 3.63) is 59.4 Å². The van der Waals surface area contributed by atoms with Gasteiger partial charge in [0.1, 0.15) is 5.82 Å². The first kappa shape index (κ1) is 18.4. The molecule has 3 N–H and O–H groups in total. The number of carbonyl (C=O) groups excluding carboxylic acids is 2. The zero-order chi connectivity index (χ0) is 18.2. The standard InChI is InChI=1S/C19H22FN3O2/c1-13-5-3-4-6-15(13)9-10-21-19(25)12-22-18-11-16(23-14(2)24)7-8-17(18)20/h3-8,11,22H,9-10,12H2,1-2H3,(H,21,25)(H,23,24). The van der Waals surface area contributed by atoms with Crippen LogP contribution < -0.4 is 16.0 Å². The third-order valence-electron chi connectivity index (χ3n) is 3.70. The molecular weight excluding hydrogens is 321 g/mol. The first-order valence-electron chi connectivity index (χ1n) is 8.08. The molecule has 2 aromatic carbocycles. The van der Waals surface area contributed by atoms with Crippen molar-refractivity contribution in [1.82, 2.24) is 5.32 Å². The van der Waals surface area contributed by atoms with Crippen molar-refractivity contribution in [3.63, 3.8) is 0 Å². The summed E-state index contributed by atoms with van der Waals surface area (Å²) in [6.07, 6.45) is 0.741. The van der Waals surface area contributed by atoms with Crippen LogP contribution in [0.25, 0.3) is 0 Å². The number of hydrogen-bond acceptors (Lipinski definition) is 3. The number of nitrogens with one attached hydrogen (secondary N) is 3. The lowest BCUT2D eigenvalue weighted by Gasteiger charge is -2.11. The molecule has 0 bridgehead atoms. The van der Waals surface area contributed by atoms with E-state index in [2.05, 4.69) is 16.0 Å². The van der Waals surface area contributed by atoms with E-state index in [1.54, 1.807) is 0 Å². The van der Waals surface area contributed by atoms with Crippen molar-refractivity contribution in [3.8, 4) is 0 Å². The third-order valence-corrected chi connectivity index (χ3v) is 3.70. The summed E-state index contributed by atoms with van der Waals surface area (Å²) in [6, 6.07) is 12.2. The second-order valence-corrected chi connectivity index (χ2v) is 5.76. The summed E-state index contributed by atoms with van der Waals surface area (Å²) in [5, 5.41) is 8.12. The molecule has 0 saturated carbocycles. The van der Waals surface area contributed by atoms with E-state index < -0.39 is 5.82 Å². The number of aryl methyl sites for hydroxylation is 1. The van der Waals surface area contributed by atoms with E-state index in [0.717, 1.165) is 6.42 Å². The zero-order valence-corrected chi connectivity index (χ0v) is 14.4. The summed E-state index contributed by atoms with van der Waals surface area (Å²) in [5.41, 5.74) is 3.01. The Morgan fingerprint density at radius 1 is 1.12 bits per heavy atom. The molecule has 0 spiro atoms. The van der Waals surface area contributed by atoms with Gasteiger partial charge in [0.15, 0.2) is 0 Å². The van der Waals surface area contributed by atoms with E-state index in [0.29, 0.717) is 12.2 Å². The molecule has 0 aliphatic rings. The van der Waals surface area contributed by atoms with Crippen molar-refractivity contribution in [1.29, 1.82) is 0 Å². The van der Waals surface area contributed by atoms with Crippen LogP contribution in [0.4, 0.5) is 15.8 Å². The highest BCUT2D eigenvalue weighted by Gasteiger charge is 2.07. The molecule has 5 nitrogen and oxygen atoms in total. The molecule has 0 radical (unpaired) electrons. The quantitative estimate of drug-likeness (QED) is 0.724. The second kappa shape index (κ2) is 8.82. The van der Waals surface area contributed by atoms with Gasteiger partial charge in [0.05, 0.1) is 12.2 Å². The predicted octanol–water partition coefficient (Wildman–Crippen LogP) is 2.86. The van der Waals surface area contributed by atoms with Crippen LogP contribution in [0.1, 0.15) is 18.1 Å².